The van der Waals surface area contributed by atoms with E-state index in [0.29, 0.717) is 13.1 Å². The molecule has 2 rings (SSSR count). The van der Waals surface area contributed by atoms with E-state index >= 15 is 0 Å². The maximum Gasteiger partial charge on any atom is 0.317 e. The lowest BCUT2D eigenvalue weighted by molar-refractivity contribution is -0.116. The Morgan fingerprint density at radius 3 is 2.52 bits per heavy atom. The molecule has 0 radical (unpaired) electrons. The van der Waals surface area contributed by atoms with E-state index in [1.54, 1.807) is 11.9 Å². The smallest absolute Gasteiger partial charge is 0.317 e. The summed E-state index contributed by atoms with van der Waals surface area (Å²) in [6.45, 7) is 2.78. The lowest BCUT2D eigenvalue weighted by Gasteiger charge is -2.18. The molecule has 5 nitrogen and oxygen atoms in total. The van der Waals surface area contributed by atoms with Crippen molar-refractivity contribution in [2.75, 3.05) is 18.9 Å². The van der Waals surface area contributed by atoms with Gasteiger partial charge in [0.1, 0.15) is 0 Å². The number of urea groups is 1. The third kappa shape index (κ3) is 6.23. The zero-order chi connectivity index (χ0) is 18.2. The Labute approximate surface area is 156 Å². The number of amides is 3. The summed E-state index contributed by atoms with van der Waals surface area (Å²) < 4.78 is 0.999. The number of nitrogens with zero attached hydrogens (tertiary/aromatic N) is 1. The molecule has 0 atom stereocenters. The quantitative estimate of drug-likeness (QED) is 0.767. The number of aryl methyl sites for hydroxylation is 1. The lowest BCUT2D eigenvalue weighted by atomic mass is 10.2. The van der Waals surface area contributed by atoms with Crippen molar-refractivity contribution in [1.29, 1.82) is 0 Å². The Morgan fingerprint density at radius 2 is 1.84 bits per heavy atom. The predicted molar refractivity (Wildman–Crippen MR) is 103 cm³/mol. The Morgan fingerprint density at radius 1 is 1.12 bits per heavy atom. The fourth-order valence-electron chi connectivity index (χ4n) is 2.29. The molecule has 0 fully saturated rings. The fourth-order valence-corrected chi connectivity index (χ4v) is 2.54. The summed E-state index contributed by atoms with van der Waals surface area (Å²) in [5.41, 5.74) is 2.86. The third-order valence-electron chi connectivity index (χ3n) is 3.68. The second-order valence-electron chi connectivity index (χ2n) is 5.84. The van der Waals surface area contributed by atoms with E-state index in [1.807, 2.05) is 55.5 Å². The first kappa shape index (κ1) is 19.0. The molecule has 0 heterocycles. The van der Waals surface area contributed by atoms with Crippen molar-refractivity contribution in [2.24, 2.45) is 0 Å². The van der Waals surface area contributed by atoms with Crippen molar-refractivity contribution < 1.29 is 9.59 Å². The van der Waals surface area contributed by atoms with Gasteiger partial charge in [-0.15, -0.1) is 0 Å². The average Bonchev–Trinajstić information content (AvgIpc) is 2.59. The maximum absolute atomic E-state index is 12.0. The minimum absolute atomic E-state index is 0.132. The van der Waals surface area contributed by atoms with Crippen LogP contribution >= 0.6 is 15.9 Å². The van der Waals surface area contributed by atoms with Crippen LogP contribution in [-0.4, -0.2) is 30.4 Å². The van der Waals surface area contributed by atoms with Gasteiger partial charge in [-0.05, 0) is 36.2 Å². The number of nitrogens with one attached hydrogen (secondary N) is 2. The van der Waals surface area contributed by atoms with Gasteiger partial charge in [0, 0.05) is 36.7 Å². The molecule has 0 spiro atoms. The van der Waals surface area contributed by atoms with Gasteiger partial charge in [-0.2, -0.15) is 0 Å². The van der Waals surface area contributed by atoms with Crippen molar-refractivity contribution in [3.8, 4) is 0 Å². The molecular formula is C19H22BrN3O2. The second kappa shape index (κ2) is 9.22. The normalized spacial score (nSPS) is 10.2. The van der Waals surface area contributed by atoms with Crippen LogP contribution in [0.15, 0.2) is 53.0 Å². The van der Waals surface area contributed by atoms with Crippen LogP contribution < -0.4 is 10.6 Å². The van der Waals surface area contributed by atoms with E-state index in [2.05, 4.69) is 26.6 Å². The van der Waals surface area contributed by atoms with Crippen LogP contribution in [0, 0.1) is 6.92 Å². The van der Waals surface area contributed by atoms with Crippen LogP contribution in [0.5, 0.6) is 0 Å². The average molecular weight is 404 g/mol. The standard InChI is InChI=1S/C19H22BrN3O2/c1-14-12-16(8-9-17(14)20)22-18(24)10-11-21-19(25)23(2)13-15-6-4-3-5-7-15/h3-9,12H,10-11,13H2,1-2H3,(H,21,25)(H,22,24). The van der Waals surface area contributed by atoms with Crippen molar-refractivity contribution in [1.82, 2.24) is 10.2 Å². The number of hydrogen-bond donors (Lipinski definition) is 2. The molecule has 6 heteroatoms. The first-order chi connectivity index (χ1) is 12.0. The molecule has 2 aromatic carbocycles. The van der Waals surface area contributed by atoms with Crippen molar-refractivity contribution in [3.05, 3.63) is 64.1 Å². The second-order valence-corrected chi connectivity index (χ2v) is 6.69. The number of carbonyl (C=O) groups is 2. The van der Waals surface area contributed by atoms with Gasteiger partial charge in [0.25, 0.3) is 0 Å². The number of anilines is 1. The molecule has 2 aromatic rings. The summed E-state index contributed by atoms with van der Waals surface area (Å²) in [6.07, 6.45) is 0.222. The van der Waals surface area contributed by atoms with Gasteiger partial charge >= 0.3 is 6.03 Å². The van der Waals surface area contributed by atoms with Crippen LogP contribution in [0.4, 0.5) is 10.5 Å². The van der Waals surface area contributed by atoms with Crippen LogP contribution in [0.1, 0.15) is 17.5 Å². The summed E-state index contributed by atoms with van der Waals surface area (Å²) >= 11 is 3.43. The monoisotopic (exact) mass is 403 g/mol. The van der Waals surface area contributed by atoms with Crippen molar-refractivity contribution >= 4 is 33.6 Å². The molecule has 0 aliphatic rings. The highest BCUT2D eigenvalue weighted by Crippen LogP contribution is 2.20. The third-order valence-corrected chi connectivity index (χ3v) is 4.57. The number of rotatable bonds is 6. The van der Waals surface area contributed by atoms with E-state index in [4.69, 9.17) is 0 Å². The Hall–Kier alpha value is -2.34. The zero-order valence-corrected chi connectivity index (χ0v) is 16.0. The molecule has 2 N–H and O–H groups in total. The molecule has 0 unspecified atom stereocenters. The zero-order valence-electron chi connectivity index (χ0n) is 14.4. The summed E-state index contributed by atoms with van der Waals surface area (Å²) in [4.78, 5) is 25.6. The number of benzene rings is 2. The summed E-state index contributed by atoms with van der Waals surface area (Å²) in [5.74, 6) is -0.132. The fraction of sp³-hybridized carbons (Fsp3) is 0.263. The van der Waals surface area contributed by atoms with Crippen LogP contribution in [-0.2, 0) is 11.3 Å². The summed E-state index contributed by atoms with van der Waals surface area (Å²) in [5, 5.41) is 5.59. The molecule has 0 bridgehead atoms. The Kier molecular flexibility index (Phi) is 7.01. The molecule has 0 aliphatic carbocycles. The van der Waals surface area contributed by atoms with Gasteiger partial charge in [0.05, 0.1) is 0 Å². The van der Waals surface area contributed by atoms with Crippen LogP contribution in [0.2, 0.25) is 0 Å². The van der Waals surface area contributed by atoms with E-state index < -0.39 is 0 Å². The van der Waals surface area contributed by atoms with E-state index in [-0.39, 0.29) is 18.4 Å². The van der Waals surface area contributed by atoms with E-state index in [9.17, 15) is 9.59 Å². The highest BCUT2D eigenvalue weighted by atomic mass is 79.9. The lowest BCUT2D eigenvalue weighted by Crippen LogP contribution is -2.38. The molecule has 0 aromatic heterocycles. The summed E-state index contributed by atoms with van der Waals surface area (Å²) in [7, 11) is 1.73. The summed E-state index contributed by atoms with van der Waals surface area (Å²) in [6, 6.07) is 15.2. The molecule has 0 saturated heterocycles. The SMILES string of the molecule is Cc1cc(NC(=O)CCNC(=O)N(C)Cc2ccccc2)ccc1Br. The highest BCUT2D eigenvalue weighted by Gasteiger charge is 2.10. The molecule has 0 aliphatic heterocycles. The number of carbonyl (C=O) groups excluding carboxylic acids is 2. The van der Waals surface area contributed by atoms with Crippen molar-refractivity contribution in [3.63, 3.8) is 0 Å². The molecule has 0 saturated carbocycles. The highest BCUT2D eigenvalue weighted by molar-refractivity contribution is 9.10. The number of hydrogen-bond acceptors (Lipinski definition) is 2. The minimum atomic E-state index is -0.198. The predicted octanol–water partition coefficient (Wildman–Crippen LogP) is 3.93. The minimum Gasteiger partial charge on any atom is -0.337 e. The molecular weight excluding hydrogens is 382 g/mol. The van der Waals surface area contributed by atoms with Crippen molar-refractivity contribution in [2.45, 2.75) is 19.9 Å². The van der Waals surface area contributed by atoms with Crippen LogP contribution in [0.25, 0.3) is 0 Å². The Bertz CT molecular complexity index is 735. The van der Waals surface area contributed by atoms with Gasteiger partial charge < -0.3 is 15.5 Å². The first-order valence-electron chi connectivity index (χ1n) is 8.04. The van der Waals surface area contributed by atoms with Crippen LogP contribution in [0.3, 0.4) is 0 Å². The first-order valence-corrected chi connectivity index (χ1v) is 8.84. The topological polar surface area (TPSA) is 61.4 Å². The molecule has 132 valence electrons. The van der Waals surface area contributed by atoms with Gasteiger partial charge in [0.15, 0.2) is 0 Å². The van der Waals surface area contributed by atoms with Gasteiger partial charge in [-0.25, -0.2) is 4.79 Å². The van der Waals surface area contributed by atoms with E-state index in [1.165, 1.54) is 0 Å². The Balaban J connectivity index is 1.72. The van der Waals surface area contributed by atoms with Gasteiger partial charge in [0.2, 0.25) is 5.91 Å². The van der Waals surface area contributed by atoms with Gasteiger partial charge in [-0.3, -0.25) is 4.79 Å². The number of halogens is 1. The van der Waals surface area contributed by atoms with Gasteiger partial charge in [-0.1, -0.05) is 46.3 Å². The molecule has 25 heavy (non-hydrogen) atoms. The van der Waals surface area contributed by atoms with E-state index in [0.717, 1.165) is 21.3 Å². The molecule has 3 amide bonds. The largest absolute Gasteiger partial charge is 0.337 e. The maximum atomic E-state index is 12.0.